The summed E-state index contributed by atoms with van der Waals surface area (Å²) in [6.45, 7) is 4.32. The van der Waals surface area contributed by atoms with Crippen molar-refractivity contribution in [3.63, 3.8) is 0 Å². The van der Waals surface area contributed by atoms with Gasteiger partial charge >= 0.3 is 0 Å². The molecule has 0 radical (unpaired) electrons. The van der Waals surface area contributed by atoms with Gasteiger partial charge in [0, 0.05) is 6.42 Å². The summed E-state index contributed by atoms with van der Waals surface area (Å²) in [5.41, 5.74) is 0. The van der Waals surface area contributed by atoms with E-state index in [0.717, 1.165) is 51.4 Å². The Morgan fingerprint density at radius 1 is 0.312 bits per heavy atom. The molecule has 0 aromatic carbocycles. The van der Waals surface area contributed by atoms with E-state index in [0.29, 0.717) is 6.42 Å². The van der Waals surface area contributed by atoms with Gasteiger partial charge in [-0.15, -0.1) is 0 Å². The third-order valence-corrected chi connectivity index (χ3v) is 15.9. The van der Waals surface area contributed by atoms with Crippen molar-refractivity contribution in [1.82, 2.24) is 5.32 Å². The minimum absolute atomic E-state index is 0.0728. The molecule has 2 atom stereocenters. The minimum Gasteiger partial charge on any atom is -0.394 e. The van der Waals surface area contributed by atoms with E-state index in [1.54, 1.807) is 6.08 Å². The predicted octanol–water partition coefficient (Wildman–Crippen LogP) is 23.7. The van der Waals surface area contributed by atoms with Crippen LogP contribution in [0.3, 0.4) is 0 Å². The number of aliphatic hydroxyl groups excluding tert-OH is 2. The lowest BCUT2D eigenvalue weighted by Crippen LogP contribution is -2.45. The van der Waals surface area contributed by atoms with Gasteiger partial charge in [0.15, 0.2) is 0 Å². The number of allylic oxidation sites excluding steroid dienone is 11. The Kier molecular flexibility index (Phi) is 66.2. The summed E-state index contributed by atoms with van der Waals surface area (Å²) >= 11 is 0. The molecule has 0 aliphatic heterocycles. The van der Waals surface area contributed by atoms with Crippen LogP contribution in [0.4, 0.5) is 0 Å². The molecule has 77 heavy (non-hydrogen) atoms. The minimum atomic E-state index is -0.873. The number of hydrogen-bond donors (Lipinski definition) is 3. The van der Waals surface area contributed by atoms with E-state index < -0.39 is 12.1 Å². The second-order valence-electron chi connectivity index (χ2n) is 23.6. The van der Waals surface area contributed by atoms with Crippen molar-refractivity contribution in [2.45, 2.75) is 379 Å². The first-order chi connectivity index (χ1) is 38.2. The summed E-state index contributed by atoms with van der Waals surface area (Å²) < 4.78 is 0. The third-order valence-electron chi connectivity index (χ3n) is 15.9. The van der Waals surface area contributed by atoms with Gasteiger partial charge in [-0.3, -0.25) is 4.79 Å². The highest BCUT2D eigenvalue weighted by Gasteiger charge is 2.18. The lowest BCUT2D eigenvalue weighted by molar-refractivity contribution is -0.123. The molecule has 0 spiro atoms. The van der Waals surface area contributed by atoms with E-state index in [-0.39, 0.29) is 12.5 Å². The summed E-state index contributed by atoms with van der Waals surface area (Å²) in [5.74, 6) is -0.0728. The molecule has 0 rings (SSSR count). The second-order valence-corrected chi connectivity index (χ2v) is 23.6. The van der Waals surface area contributed by atoms with Gasteiger partial charge in [-0.05, 0) is 83.5 Å². The van der Waals surface area contributed by atoms with Gasteiger partial charge in [0.05, 0.1) is 18.8 Å². The summed E-state index contributed by atoms with van der Waals surface area (Å²) in [6.07, 6.45) is 98.5. The molecule has 4 heteroatoms. The molecular weight excluding hydrogens is 939 g/mol. The Morgan fingerprint density at radius 3 is 0.844 bits per heavy atom. The monoisotopic (exact) mass is 1070 g/mol. The number of nitrogens with one attached hydrogen (secondary N) is 1. The van der Waals surface area contributed by atoms with Gasteiger partial charge in [0.25, 0.3) is 0 Å². The van der Waals surface area contributed by atoms with Crippen LogP contribution in [0.5, 0.6) is 0 Å². The number of carbonyl (C=O) groups is 1. The SMILES string of the molecule is CCCCCCC/C=C\C/C=C\C/C=C\CCCCCCCCCCCCCCCCCCCCCCCCC(=O)NC(CO)C(O)/C=C/CC/C=C/CC/C=C/CCCCCCCCCCCCCCCCCCCC. The van der Waals surface area contributed by atoms with Crippen molar-refractivity contribution in [3.8, 4) is 0 Å². The smallest absolute Gasteiger partial charge is 0.220 e. The first-order valence-corrected chi connectivity index (χ1v) is 34.7. The fraction of sp³-hybridized carbons (Fsp3) is 0.822. The molecule has 0 bridgehead atoms. The van der Waals surface area contributed by atoms with Crippen LogP contribution in [0.2, 0.25) is 0 Å². The first-order valence-electron chi connectivity index (χ1n) is 34.7. The zero-order valence-corrected chi connectivity index (χ0v) is 52.0. The zero-order valence-electron chi connectivity index (χ0n) is 52.0. The summed E-state index contributed by atoms with van der Waals surface area (Å²) in [5, 5.41) is 23.2. The molecule has 0 aliphatic carbocycles. The van der Waals surface area contributed by atoms with Gasteiger partial charge < -0.3 is 15.5 Å². The van der Waals surface area contributed by atoms with Gasteiger partial charge in [0.2, 0.25) is 5.91 Å². The van der Waals surface area contributed by atoms with Crippen molar-refractivity contribution in [3.05, 3.63) is 72.9 Å². The van der Waals surface area contributed by atoms with Crippen LogP contribution in [-0.4, -0.2) is 34.9 Å². The lowest BCUT2D eigenvalue weighted by Gasteiger charge is -2.19. The molecule has 0 saturated heterocycles. The Hall–Kier alpha value is -2.17. The van der Waals surface area contributed by atoms with Crippen LogP contribution >= 0.6 is 0 Å². The van der Waals surface area contributed by atoms with Crippen LogP contribution < -0.4 is 5.32 Å². The van der Waals surface area contributed by atoms with Crippen molar-refractivity contribution in [2.24, 2.45) is 0 Å². The first kappa shape index (κ1) is 74.8. The van der Waals surface area contributed by atoms with E-state index in [4.69, 9.17) is 0 Å². The average Bonchev–Trinajstić information content (AvgIpc) is 3.43. The molecule has 1 amide bonds. The van der Waals surface area contributed by atoms with Crippen molar-refractivity contribution >= 4 is 5.91 Å². The van der Waals surface area contributed by atoms with E-state index in [1.807, 2.05) is 6.08 Å². The lowest BCUT2D eigenvalue weighted by atomic mass is 10.0. The zero-order chi connectivity index (χ0) is 55.5. The van der Waals surface area contributed by atoms with Gasteiger partial charge in [-0.2, -0.15) is 0 Å². The van der Waals surface area contributed by atoms with Gasteiger partial charge in [-0.25, -0.2) is 0 Å². The van der Waals surface area contributed by atoms with Gasteiger partial charge in [0.1, 0.15) is 0 Å². The highest BCUT2D eigenvalue weighted by atomic mass is 16.3. The number of hydrogen-bond acceptors (Lipinski definition) is 3. The highest BCUT2D eigenvalue weighted by Crippen LogP contribution is 2.18. The largest absolute Gasteiger partial charge is 0.394 e. The number of rotatable bonds is 64. The third kappa shape index (κ3) is 64.5. The molecule has 0 aromatic rings. The van der Waals surface area contributed by atoms with E-state index in [1.165, 1.54) is 295 Å². The molecular formula is C73H135NO3. The van der Waals surface area contributed by atoms with Crippen LogP contribution in [0, 0.1) is 0 Å². The Labute approximate surface area is 482 Å². The van der Waals surface area contributed by atoms with E-state index in [2.05, 4.69) is 79.9 Å². The topological polar surface area (TPSA) is 69.6 Å². The maximum absolute atomic E-state index is 12.5. The summed E-state index contributed by atoms with van der Waals surface area (Å²) in [6, 6.07) is -0.649. The van der Waals surface area contributed by atoms with E-state index >= 15 is 0 Å². The molecule has 3 N–H and O–H groups in total. The predicted molar refractivity (Wildman–Crippen MR) is 345 cm³/mol. The van der Waals surface area contributed by atoms with E-state index in [9.17, 15) is 15.0 Å². The number of carbonyl (C=O) groups excluding carboxylic acids is 1. The van der Waals surface area contributed by atoms with Gasteiger partial charge in [-0.1, -0.05) is 350 Å². The second kappa shape index (κ2) is 68.1. The molecule has 4 nitrogen and oxygen atoms in total. The number of amides is 1. The molecule has 2 unspecified atom stereocenters. The maximum atomic E-state index is 12.5. The fourth-order valence-corrected chi connectivity index (χ4v) is 10.6. The van der Waals surface area contributed by atoms with Crippen molar-refractivity contribution in [1.29, 1.82) is 0 Å². The molecule has 0 aromatic heterocycles. The maximum Gasteiger partial charge on any atom is 0.220 e. The Bertz CT molecular complexity index is 1310. The molecule has 0 aliphatic rings. The fourth-order valence-electron chi connectivity index (χ4n) is 10.6. The summed E-state index contributed by atoms with van der Waals surface area (Å²) in [4.78, 5) is 12.5. The average molecular weight is 1070 g/mol. The molecule has 450 valence electrons. The number of unbranched alkanes of at least 4 members (excludes halogenated alkanes) is 47. The highest BCUT2D eigenvalue weighted by molar-refractivity contribution is 5.76. The van der Waals surface area contributed by atoms with Crippen LogP contribution in [-0.2, 0) is 4.79 Å². The Balaban J connectivity index is 3.48. The van der Waals surface area contributed by atoms with Crippen molar-refractivity contribution in [2.75, 3.05) is 6.61 Å². The standard InChI is InChI=1S/C73H135NO3/c1-3-5-7-9-11-13-15-17-19-21-23-25-27-29-31-33-34-35-36-37-38-39-40-41-43-45-47-49-51-53-55-57-59-61-63-65-67-69-73(77)74-71(70-75)72(76)68-66-64-62-60-58-56-54-52-50-48-46-44-42-32-30-28-26-24-22-20-18-16-14-12-10-8-6-4-2/h15,17,21,23,27,29,50,52,58,60,66,68,71-72,75-76H,3-14,16,18-20,22,24-26,28,30-49,51,53-57,59,61-65,67,69-70H2,1-2H3,(H,74,77)/b17-15-,23-21-,29-27-,52-50+,60-58+,68-66+. The molecule has 0 fully saturated rings. The molecule has 0 heterocycles. The number of aliphatic hydroxyl groups is 2. The van der Waals surface area contributed by atoms with Crippen molar-refractivity contribution < 1.29 is 15.0 Å². The molecule has 0 saturated carbocycles. The van der Waals surface area contributed by atoms with Crippen LogP contribution in [0.25, 0.3) is 0 Å². The Morgan fingerprint density at radius 2 is 0.545 bits per heavy atom. The van der Waals surface area contributed by atoms with Crippen LogP contribution in [0.15, 0.2) is 72.9 Å². The normalized spacial score (nSPS) is 13.1. The quantitative estimate of drug-likeness (QED) is 0.0420. The summed E-state index contributed by atoms with van der Waals surface area (Å²) in [7, 11) is 0. The van der Waals surface area contributed by atoms with Crippen LogP contribution in [0.1, 0.15) is 367 Å².